The number of methoxy groups -OCH3 is 2. The molecule has 2 atom stereocenters. The van der Waals surface area contributed by atoms with Gasteiger partial charge in [0.15, 0.2) is 5.78 Å². The second-order valence-electron chi connectivity index (χ2n) is 4.45. The van der Waals surface area contributed by atoms with Gasteiger partial charge in [-0.1, -0.05) is 0 Å². The summed E-state index contributed by atoms with van der Waals surface area (Å²) in [5, 5.41) is 0. The van der Waals surface area contributed by atoms with E-state index in [2.05, 4.69) is 0 Å². The summed E-state index contributed by atoms with van der Waals surface area (Å²) >= 11 is 0. The van der Waals surface area contributed by atoms with E-state index in [9.17, 15) is 14.4 Å². The molecule has 6 heteroatoms. The number of hydrogen-bond acceptors (Lipinski definition) is 6. The highest BCUT2D eigenvalue weighted by Crippen LogP contribution is 2.29. The van der Waals surface area contributed by atoms with Crippen molar-refractivity contribution in [3.8, 4) is 0 Å². The third-order valence-corrected chi connectivity index (χ3v) is 3.27. The summed E-state index contributed by atoms with van der Waals surface area (Å²) in [6.07, 6.45) is -0.235. The molecule has 0 aromatic heterocycles. The van der Waals surface area contributed by atoms with Gasteiger partial charge >= 0.3 is 5.97 Å². The Morgan fingerprint density at radius 3 is 2.47 bits per heavy atom. The summed E-state index contributed by atoms with van der Waals surface area (Å²) in [7, 11) is 2.67. The van der Waals surface area contributed by atoms with E-state index >= 15 is 0 Å². The van der Waals surface area contributed by atoms with Gasteiger partial charge in [0.25, 0.3) is 0 Å². The standard InChI is InChI=1S/C13H20O6/c1-4-19-12(16)8-5-6-10(14)9(7-8)11(15)13(17-2)18-3/h8-9,13H,4-7H2,1-3H3. The van der Waals surface area contributed by atoms with Crippen LogP contribution in [-0.4, -0.2) is 44.7 Å². The normalized spacial score (nSPS) is 23.5. The topological polar surface area (TPSA) is 78.9 Å². The number of ketones is 2. The predicted octanol–water partition coefficient (Wildman–Crippen LogP) is 0.723. The van der Waals surface area contributed by atoms with Gasteiger partial charge in [0.1, 0.15) is 5.78 Å². The van der Waals surface area contributed by atoms with Crippen LogP contribution in [0.2, 0.25) is 0 Å². The fraction of sp³-hybridized carbons (Fsp3) is 0.769. The van der Waals surface area contributed by atoms with Crippen LogP contribution in [-0.2, 0) is 28.6 Å². The largest absolute Gasteiger partial charge is 0.466 e. The molecular formula is C13H20O6. The van der Waals surface area contributed by atoms with Gasteiger partial charge in [-0.15, -0.1) is 0 Å². The smallest absolute Gasteiger partial charge is 0.308 e. The first-order chi connectivity index (χ1) is 9.04. The Hall–Kier alpha value is -1.27. The van der Waals surface area contributed by atoms with Crippen LogP contribution in [0.15, 0.2) is 0 Å². The van der Waals surface area contributed by atoms with E-state index in [4.69, 9.17) is 14.2 Å². The van der Waals surface area contributed by atoms with Gasteiger partial charge in [0.05, 0.1) is 18.4 Å². The van der Waals surface area contributed by atoms with E-state index in [-0.39, 0.29) is 24.6 Å². The molecule has 1 aliphatic rings. The highest BCUT2D eigenvalue weighted by molar-refractivity contribution is 6.04. The Bertz CT molecular complexity index is 347. The minimum absolute atomic E-state index is 0.162. The van der Waals surface area contributed by atoms with Crippen molar-refractivity contribution >= 4 is 17.5 Å². The summed E-state index contributed by atoms with van der Waals surface area (Å²) in [6, 6.07) is 0. The van der Waals surface area contributed by atoms with Crippen molar-refractivity contribution in [2.24, 2.45) is 11.8 Å². The first-order valence-corrected chi connectivity index (χ1v) is 6.33. The zero-order valence-electron chi connectivity index (χ0n) is 11.5. The number of hydrogen-bond donors (Lipinski definition) is 0. The van der Waals surface area contributed by atoms with Crippen molar-refractivity contribution < 1.29 is 28.6 Å². The van der Waals surface area contributed by atoms with Crippen LogP contribution < -0.4 is 0 Å². The van der Waals surface area contributed by atoms with Gasteiger partial charge in [-0.05, 0) is 19.8 Å². The minimum Gasteiger partial charge on any atom is -0.466 e. The van der Waals surface area contributed by atoms with Crippen LogP contribution >= 0.6 is 0 Å². The average Bonchev–Trinajstić information content (AvgIpc) is 2.40. The van der Waals surface area contributed by atoms with Gasteiger partial charge in [0, 0.05) is 20.6 Å². The molecule has 0 heterocycles. The van der Waals surface area contributed by atoms with E-state index in [1.165, 1.54) is 14.2 Å². The zero-order valence-corrected chi connectivity index (χ0v) is 11.5. The van der Waals surface area contributed by atoms with E-state index in [1.807, 2.05) is 0 Å². The first kappa shape index (κ1) is 15.8. The summed E-state index contributed by atoms with van der Waals surface area (Å²) in [6.45, 7) is 2.01. The molecule has 0 spiro atoms. The maximum atomic E-state index is 12.1. The molecule has 0 amide bonds. The molecule has 0 N–H and O–H groups in total. The molecule has 1 saturated carbocycles. The van der Waals surface area contributed by atoms with E-state index in [0.717, 1.165) is 0 Å². The maximum Gasteiger partial charge on any atom is 0.308 e. The van der Waals surface area contributed by atoms with Gasteiger partial charge in [-0.25, -0.2) is 0 Å². The molecule has 108 valence electrons. The second kappa shape index (κ2) is 7.35. The molecule has 0 aliphatic heterocycles. The van der Waals surface area contributed by atoms with Crippen molar-refractivity contribution in [1.82, 2.24) is 0 Å². The van der Waals surface area contributed by atoms with Crippen LogP contribution in [0, 0.1) is 11.8 Å². The van der Waals surface area contributed by atoms with Crippen molar-refractivity contribution in [1.29, 1.82) is 0 Å². The number of esters is 1. The summed E-state index contributed by atoms with van der Waals surface area (Å²) in [5.74, 6) is -2.18. The third kappa shape index (κ3) is 3.84. The maximum absolute atomic E-state index is 12.1. The Morgan fingerprint density at radius 1 is 1.32 bits per heavy atom. The molecular weight excluding hydrogens is 252 g/mol. The van der Waals surface area contributed by atoms with Crippen molar-refractivity contribution in [3.05, 3.63) is 0 Å². The van der Waals surface area contributed by atoms with Crippen molar-refractivity contribution in [3.63, 3.8) is 0 Å². The first-order valence-electron chi connectivity index (χ1n) is 6.33. The van der Waals surface area contributed by atoms with Crippen LogP contribution in [0.5, 0.6) is 0 Å². The monoisotopic (exact) mass is 272 g/mol. The van der Waals surface area contributed by atoms with Crippen LogP contribution in [0.3, 0.4) is 0 Å². The molecule has 1 aliphatic carbocycles. The Kier molecular flexibility index (Phi) is 6.11. The molecule has 0 bridgehead atoms. The van der Waals surface area contributed by atoms with E-state index in [1.54, 1.807) is 6.92 Å². The molecule has 0 radical (unpaired) electrons. The van der Waals surface area contributed by atoms with E-state index in [0.29, 0.717) is 13.0 Å². The molecule has 6 nitrogen and oxygen atoms in total. The third-order valence-electron chi connectivity index (χ3n) is 3.27. The number of ether oxygens (including phenoxy) is 3. The second-order valence-corrected chi connectivity index (χ2v) is 4.45. The van der Waals surface area contributed by atoms with Crippen LogP contribution in [0.1, 0.15) is 26.2 Å². The fourth-order valence-corrected chi connectivity index (χ4v) is 2.27. The van der Waals surface area contributed by atoms with Gasteiger partial charge in [0.2, 0.25) is 6.29 Å². The molecule has 1 rings (SSSR count). The number of rotatable bonds is 6. The average molecular weight is 272 g/mol. The zero-order chi connectivity index (χ0) is 14.4. The molecule has 2 unspecified atom stereocenters. The molecule has 0 saturated heterocycles. The number of carbonyl (C=O) groups excluding carboxylic acids is 3. The summed E-state index contributed by atoms with van der Waals surface area (Å²) < 4.78 is 14.7. The van der Waals surface area contributed by atoms with Gasteiger partial charge in [-0.3, -0.25) is 14.4 Å². The SMILES string of the molecule is CCOC(=O)C1CCC(=O)C(C(=O)C(OC)OC)C1. The number of Topliss-reactive ketones (excluding diaryl/α,β-unsaturated/α-hetero) is 2. The van der Waals surface area contributed by atoms with E-state index < -0.39 is 23.9 Å². The predicted molar refractivity (Wildman–Crippen MR) is 65.3 cm³/mol. The highest BCUT2D eigenvalue weighted by atomic mass is 16.7. The highest BCUT2D eigenvalue weighted by Gasteiger charge is 2.40. The number of carbonyl (C=O) groups is 3. The lowest BCUT2D eigenvalue weighted by atomic mass is 9.78. The Labute approximate surface area is 112 Å². The van der Waals surface area contributed by atoms with Gasteiger partial charge in [-0.2, -0.15) is 0 Å². The fourth-order valence-electron chi connectivity index (χ4n) is 2.27. The molecule has 1 fully saturated rings. The Morgan fingerprint density at radius 2 is 1.95 bits per heavy atom. The van der Waals surface area contributed by atoms with Crippen molar-refractivity contribution in [2.45, 2.75) is 32.5 Å². The quantitative estimate of drug-likeness (QED) is 0.403. The summed E-state index contributed by atoms with van der Waals surface area (Å²) in [5.41, 5.74) is 0. The Balaban J connectivity index is 2.73. The lowest BCUT2D eigenvalue weighted by Crippen LogP contribution is -2.40. The summed E-state index contributed by atoms with van der Waals surface area (Å²) in [4.78, 5) is 35.6. The van der Waals surface area contributed by atoms with Crippen LogP contribution in [0.25, 0.3) is 0 Å². The molecule has 0 aromatic carbocycles. The van der Waals surface area contributed by atoms with Gasteiger partial charge < -0.3 is 14.2 Å². The molecule has 0 aromatic rings. The molecule has 19 heavy (non-hydrogen) atoms. The lowest BCUT2D eigenvalue weighted by molar-refractivity contribution is -0.165. The minimum atomic E-state index is -1.06. The lowest BCUT2D eigenvalue weighted by Gasteiger charge is -2.27. The van der Waals surface area contributed by atoms with Crippen molar-refractivity contribution in [2.75, 3.05) is 20.8 Å². The van der Waals surface area contributed by atoms with Crippen LogP contribution in [0.4, 0.5) is 0 Å².